The quantitative estimate of drug-likeness (QED) is 0.651. The SMILES string of the molecule is Cc1ccncc1C(COc1ccc(Cl)cc1)NN. The van der Waals surface area contributed by atoms with Crippen molar-refractivity contribution in [1.29, 1.82) is 0 Å². The number of aromatic nitrogens is 1. The summed E-state index contributed by atoms with van der Waals surface area (Å²) in [6.07, 6.45) is 3.55. The molecule has 0 bridgehead atoms. The van der Waals surface area contributed by atoms with Gasteiger partial charge in [-0.2, -0.15) is 0 Å². The number of hydrogen-bond acceptors (Lipinski definition) is 4. The number of benzene rings is 1. The molecule has 0 radical (unpaired) electrons. The maximum Gasteiger partial charge on any atom is 0.119 e. The summed E-state index contributed by atoms with van der Waals surface area (Å²) in [6, 6.07) is 9.07. The number of hydrogen-bond donors (Lipinski definition) is 2. The summed E-state index contributed by atoms with van der Waals surface area (Å²) in [5.74, 6) is 6.34. The highest BCUT2D eigenvalue weighted by molar-refractivity contribution is 6.30. The highest BCUT2D eigenvalue weighted by Crippen LogP contribution is 2.19. The number of nitrogens with two attached hydrogens (primary N) is 1. The van der Waals surface area contributed by atoms with Crippen LogP contribution in [-0.2, 0) is 0 Å². The summed E-state index contributed by atoms with van der Waals surface area (Å²) in [7, 11) is 0. The summed E-state index contributed by atoms with van der Waals surface area (Å²) >= 11 is 5.82. The van der Waals surface area contributed by atoms with Crippen LogP contribution in [0.2, 0.25) is 5.02 Å². The van der Waals surface area contributed by atoms with Crippen LogP contribution < -0.4 is 16.0 Å². The number of halogens is 1. The van der Waals surface area contributed by atoms with Crippen molar-refractivity contribution in [3.8, 4) is 5.75 Å². The van der Waals surface area contributed by atoms with Crippen LogP contribution in [0.15, 0.2) is 42.7 Å². The van der Waals surface area contributed by atoms with Crippen LogP contribution in [0.3, 0.4) is 0 Å². The molecule has 4 nitrogen and oxygen atoms in total. The molecule has 5 heteroatoms. The minimum Gasteiger partial charge on any atom is -0.492 e. The van der Waals surface area contributed by atoms with Crippen molar-refractivity contribution in [2.45, 2.75) is 13.0 Å². The van der Waals surface area contributed by atoms with Gasteiger partial charge in [-0.25, -0.2) is 5.43 Å². The fourth-order valence-electron chi connectivity index (χ4n) is 1.78. The van der Waals surface area contributed by atoms with Gasteiger partial charge in [0.2, 0.25) is 0 Å². The molecule has 0 saturated heterocycles. The zero-order valence-corrected chi connectivity index (χ0v) is 11.4. The summed E-state index contributed by atoms with van der Waals surface area (Å²) in [5, 5.41) is 0.684. The first-order valence-corrected chi connectivity index (χ1v) is 6.33. The van der Waals surface area contributed by atoms with Crippen LogP contribution in [-0.4, -0.2) is 11.6 Å². The van der Waals surface area contributed by atoms with Crippen molar-refractivity contribution in [2.75, 3.05) is 6.61 Å². The van der Waals surface area contributed by atoms with E-state index in [1.165, 1.54) is 0 Å². The Morgan fingerprint density at radius 3 is 2.68 bits per heavy atom. The molecule has 19 heavy (non-hydrogen) atoms. The van der Waals surface area contributed by atoms with E-state index >= 15 is 0 Å². The lowest BCUT2D eigenvalue weighted by Crippen LogP contribution is -2.32. The van der Waals surface area contributed by atoms with Crippen molar-refractivity contribution in [1.82, 2.24) is 10.4 Å². The van der Waals surface area contributed by atoms with Gasteiger partial charge in [-0.15, -0.1) is 0 Å². The van der Waals surface area contributed by atoms with Crippen LogP contribution in [0.1, 0.15) is 17.2 Å². The number of rotatable bonds is 5. The van der Waals surface area contributed by atoms with Gasteiger partial charge in [-0.05, 0) is 48.4 Å². The van der Waals surface area contributed by atoms with Gasteiger partial charge < -0.3 is 4.74 Å². The number of ether oxygens (including phenoxy) is 1. The average Bonchev–Trinajstić information content (AvgIpc) is 2.43. The summed E-state index contributed by atoms with van der Waals surface area (Å²) in [4.78, 5) is 4.11. The molecule has 0 saturated carbocycles. The second kappa shape index (κ2) is 6.52. The van der Waals surface area contributed by atoms with Crippen molar-refractivity contribution < 1.29 is 4.74 Å². The fraction of sp³-hybridized carbons (Fsp3) is 0.214. The Bertz CT molecular complexity index is 530. The molecule has 1 unspecified atom stereocenters. The van der Waals surface area contributed by atoms with Crippen molar-refractivity contribution >= 4 is 11.6 Å². The Morgan fingerprint density at radius 2 is 2.05 bits per heavy atom. The first-order valence-electron chi connectivity index (χ1n) is 5.95. The molecule has 1 aromatic heterocycles. The third-order valence-corrected chi connectivity index (χ3v) is 3.14. The molecule has 1 aromatic carbocycles. The zero-order chi connectivity index (χ0) is 13.7. The number of aryl methyl sites for hydroxylation is 1. The van der Waals surface area contributed by atoms with Gasteiger partial charge in [0.25, 0.3) is 0 Å². The third-order valence-electron chi connectivity index (χ3n) is 2.89. The molecule has 0 aliphatic carbocycles. The Labute approximate surface area is 117 Å². The second-order valence-electron chi connectivity index (χ2n) is 4.22. The lowest BCUT2D eigenvalue weighted by atomic mass is 10.1. The average molecular weight is 278 g/mol. The van der Waals surface area contributed by atoms with Crippen LogP contribution in [0.5, 0.6) is 5.75 Å². The minimum absolute atomic E-state index is 0.107. The van der Waals surface area contributed by atoms with E-state index in [4.69, 9.17) is 22.2 Å². The molecule has 0 aliphatic heterocycles. The number of hydrazine groups is 1. The molecular weight excluding hydrogens is 262 g/mol. The summed E-state index contributed by atoms with van der Waals surface area (Å²) < 4.78 is 5.69. The minimum atomic E-state index is -0.107. The van der Waals surface area contributed by atoms with E-state index in [0.717, 1.165) is 16.9 Å². The fourth-order valence-corrected chi connectivity index (χ4v) is 1.91. The van der Waals surface area contributed by atoms with E-state index in [2.05, 4.69) is 10.4 Å². The first kappa shape index (κ1) is 13.8. The van der Waals surface area contributed by atoms with Crippen LogP contribution in [0.4, 0.5) is 0 Å². The van der Waals surface area contributed by atoms with Gasteiger partial charge >= 0.3 is 0 Å². The molecule has 0 fully saturated rings. The van der Waals surface area contributed by atoms with Crippen molar-refractivity contribution in [3.05, 3.63) is 58.9 Å². The predicted molar refractivity (Wildman–Crippen MR) is 76.0 cm³/mol. The Kier molecular flexibility index (Phi) is 4.74. The summed E-state index contributed by atoms with van der Waals surface area (Å²) in [5.41, 5.74) is 4.90. The second-order valence-corrected chi connectivity index (χ2v) is 4.65. The maximum atomic E-state index is 5.82. The smallest absolute Gasteiger partial charge is 0.119 e. The van der Waals surface area contributed by atoms with Gasteiger partial charge in [0.05, 0.1) is 6.04 Å². The molecule has 1 heterocycles. The number of nitrogens with one attached hydrogen (secondary N) is 1. The Balaban J connectivity index is 2.04. The van der Waals surface area contributed by atoms with E-state index < -0.39 is 0 Å². The van der Waals surface area contributed by atoms with Crippen LogP contribution in [0.25, 0.3) is 0 Å². The zero-order valence-electron chi connectivity index (χ0n) is 10.6. The summed E-state index contributed by atoms with van der Waals surface area (Å²) in [6.45, 7) is 2.44. The third kappa shape index (κ3) is 3.67. The van der Waals surface area contributed by atoms with Crippen LogP contribution in [0, 0.1) is 6.92 Å². The number of nitrogens with zero attached hydrogens (tertiary/aromatic N) is 1. The van der Waals surface area contributed by atoms with E-state index in [1.54, 1.807) is 24.5 Å². The lowest BCUT2D eigenvalue weighted by molar-refractivity contribution is 0.267. The van der Waals surface area contributed by atoms with Crippen molar-refractivity contribution in [2.24, 2.45) is 5.84 Å². The van der Waals surface area contributed by atoms with E-state index in [0.29, 0.717) is 11.6 Å². The molecule has 3 N–H and O–H groups in total. The highest BCUT2D eigenvalue weighted by atomic mass is 35.5. The standard InChI is InChI=1S/C14H16ClN3O/c1-10-6-7-17-8-13(10)14(18-16)9-19-12-4-2-11(15)3-5-12/h2-8,14,18H,9,16H2,1H3. The highest BCUT2D eigenvalue weighted by Gasteiger charge is 2.13. The molecule has 0 amide bonds. The molecular formula is C14H16ClN3O. The molecule has 100 valence electrons. The van der Waals surface area contributed by atoms with Crippen LogP contribution >= 0.6 is 11.6 Å². The molecule has 2 aromatic rings. The van der Waals surface area contributed by atoms with E-state index in [-0.39, 0.29) is 6.04 Å². The van der Waals surface area contributed by atoms with Gasteiger partial charge in [-0.3, -0.25) is 10.8 Å². The van der Waals surface area contributed by atoms with Crippen molar-refractivity contribution in [3.63, 3.8) is 0 Å². The van der Waals surface area contributed by atoms with Gasteiger partial charge in [0.1, 0.15) is 12.4 Å². The van der Waals surface area contributed by atoms with Gasteiger partial charge in [-0.1, -0.05) is 11.6 Å². The Hall–Kier alpha value is -1.62. The largest absolute Gasteiger partial charge is 0.492 e. The van der Waals surface area contributed by atoms with E-state index in [9.17, 15) is 0 Å². The molecule has 0 aliphatic rings. The lowest BCUT2D eigenvalue weighted by Gasteiger charge is -2.18. The molecule has 1 atom stereocenters. The number of pyridine rings is 1. The normalized spacial score (nSPS) is 12.2. The monoisotopic (exact) mass is 277 g/mol. The predicted octanol–water partition coefficient (Wildman–Crippen LogP) is 2.63. The maximum absolute atomic E-state index is 5.82. The van der Waals surface area contributed by atoms with Gasteiger partial charge in [0.15, 0.2) is 0 Å². The Morgan fingerprint density at radius 1 is 1.32 bits per heavy atom. The van der Waals surface area contributed by atoms with Gasteiger partial charge in [0, 0.05) is 17.4 Å². The molecule has 2 rings (SSSR count). The first-order chi connectivity index (χ1) is 9.20. The van der Waals surface area contributed by atoms with E-state index in [1.807, 2.05) is 25.1 Å². The topological polar surface area (TPSA) is 60.2 Å². The molecule has 0 spiro atoms.